The molecule has 0 aromatic heterocycles. The average Bonchev–Trinajstić information content (AvgIpc) is 2.35. The quantitative estimate of drug-likeness (QED) is 0.604. The fourth-order valence-corrected chi connectivity index (χ4v) is 2.65. The maximum atomic E-state index is 13.2. The Kier molecular flexibility index (Phi) is 5.08. The zero-order valence-electron chi connectivity index (χ0n) is 11.4. The normalized spacial score (nSPS) is 16.9. The first-order valence-corrected chi connectivity index (χ1v) is 7.62. The molecule has 0 radical (unpaired) electrons. The molecule has 124 valence electrons. The van der Waals surface area contributed by atoms with Crippen LogP contribution in [0.1, 0.15) is 18.1 Å². The fourth-order valence-electron chi connectivity index (χ4n) is 1.84. The van der Waals surface area contributed by atoms with Gasteiger partial charge in [0.15, 0.2) is 5.16 Å². The van der Waals surface area contributed by atoms with Gasteiger partial charge in [0.25, 0.3) is 0 Å². The largest absolute Gasteiger partial charge is 0.480 e. The number of alkyl halides is 3. The Bertz CT molecular complexity index is 615. The average molecular weight is 341 g/mol. The summed E-state index contributed by atoms with van der Waals surface area (Å²) in [4.78, 5) is 29.0. The second kappa shape index (κ2) is 6.00. The molecule has 10 heteroatoms. The van der Waals surface area contributed by atoms with Crippen LogP contribution in [0.15, 0.2) is 24.3 Å². The third kappa shape index (κ3) is 3.49. The smallest absolute Gasteiger partial charge is 0.409 e. The molecular formula is C12H15F3NO5P. The number of hydrogen-bond acceptors (Lipinski definition) is 3. The van der Waals surface area contributed by atoms with Gasteiger partial charge in [0, 0.05) is 0 Å². The molecule has 1 rings (SSSR count). The van der Waals surface area contributed by atoms with E-state index in [2.05, 4.69) is 0 Å². The number of carboxylic acid groups (broad SMARTS) is 1. The summed E-state index contributed by atoms with van der Waals surface area (Å²) in [6.45, 7) is 0.407. The van der Waals surface area contributed by atoms with Crippen molar-refractivity contribution in [1.29, 1.82) is 0 Å². The first-order valence-electron chi connectivity index (χ1n) is 6.01. The monoisotopic (exact) mass is 341 g/mol. The molecule has 0 bridgehead atoms. The van der Waals surface area contributed by atoms with Crippen LogP contribution in [-0.4, -0.2) is 33.1 Å². The summed E-state index contributed by atoms with van der Waals surface area (Å²) in [6.07, 6.45) is -5.46. The highest BCUT2D eigenvalue weighted by Gasteiger charge is 2.63. The predicted molar refractivity (Wildman–Crippen MR) is 71.2 cm³/mol. The molecule has 0 spiro atoms. The molecule has 2 atom stereocenters. The lowest BCUT2D eigenvalue weighted by Gasteiger charge is -2.33. The van der Waals surface area contributed by atoms with Gasteiger partial charge in [0.2, 0.25) is 0 Å². The lowest BCUT2D eigenvalue weighted by Crippen LogP contribution is -2.39. The van der Waals surface area contributed by atoms with Crippen LogP contribution in [0.25, 0.3) is 0 Å². The van der Waals surface area contributed by atoms with Gasteiger partial charge < -0.3 is 20.6 Å². The van der Waals surface area contributed by atoms with Crippen LogP contribution in [0, 0.1) is 0 Å². The molecule has 0 aliphatic carbocycles. The van der Waals surface area contributed by atoms with E-state index < -0.39 is 36.5 Å². The summed E-state index contributed by atoms with van der Waals surface area (Å²) in [5, 5.41) is 5.32. The zero-order valence-corrected chi connectivity index (χ0v) is 12.3. The van der Waals surface area contributed by atoms with Crippen molar-refractivity contribution in [2.45, 2.75) is 30.7 Å². The molecule has 0 saturated carbocycles. The highest BCUT2D eigenvalue weighted by atomic mass is 31.2. The van der Waals surface area contributed by atoms with E-state index in [0.29, 0.717) is 6.92 Å². The van der Waals surface area contributed by atoms with Gasteiger partial charge in [0.1, 0.15) is 6.04 Å². The van der Waals surface area contributed by atoms with Gasteiger partial charge in [-0.05, 0) is 24.5 Å². The number of carboxylic acids is 1. The number of aliphatic carboxylic acids is 1. The van der Waals surface area contributed by atoms with Crippen molar-refractivity contribution >= 4 is 13.6 Å². The highest BCUT2D eigenvalue weighted by Crippen LogP contribution is 2.64. The molecule has 0 fully saturated rings. The van der Waals surface area contributed by atoms with Gasteiger partial charge in [-0.2, -0.15) is 13.2 Å². The molecule has 0 amide bonds. The van der Waals surface area contributed by atoms with Crippen molar-refractivity contribution in [3.63, 3.8) is 0 Å². The van der Waals surface area contributed by atoms with Crippen LogP contribution in [0.2, 0.25) is 0 Å². The Morgan fingerprint density at radius 2 is 1.91 bits per heavy atom. The van der Waals surface area contributed by atoms with Crippen molar-refractivity contribution in [1.82, 2.24) is 0 Å². The lowest BCUT2D eigenvalue weighted by atomic mass is 9.95. The van der Waals surface area contributed by atoms with E-state index >= 15 is 0 Å². The molecule has 1 aromatic carbocycles. The number of rotatable bonds is 5. The zero-order chi connectivity index (χ0) is 17.3. The van der Waals surface area contributed by atoms with E-state index in [0.717, 1.165) is 12.1 Å². The summed E-state index contributed by atoms with van der Waals surface area (Å²) in [5.41, 5.74) is 4.79. The Hall–Kier alpha value is -1.41. The van der Waals surface area contributed by atoms with E-state index in [-0.39, 0.29) is 12.0 Å². The third-order valence-corrected chi connectivity index (χ3v) is 5.07. The van der Waals surface area contributed by atoms with Gasteiger partial charge in [0.05, 0.1) is 0 Å². The lowest BCUT2D eigenvalue weighted by molar-refractivity contribution is -0.165. The van der Waals surface area contributed by atoms with Gasteiger partial charge in [-0.25, -0.2) is 0 Å². The van der Waals surface area contributed by atoms with Gasteiger partial charge in [-0.15, -0.1) is 0 Å². The number of carbonyl (C=O) groups is 1. The topological polar surface area (TPSA) is 121 Å². The Balaban J connectivity index is 3.36. The van der Waals surface area contributed by atoms with Crippen LogP contribution >= 0.6 is 7.60 Å². The van der Waals surface area contributed by atoms with Crippen LogP contribution in [0.5, 0.6) is 0 Å². The van der Waals surface area contributed by atoms with E-state index in [1.807, 2.05) is 0 Å². The maximum Gasteiger partial charge on any atom is 0.409 e. The van der Waals surface area contributed by atoms with Crippen molar-refractivity contribution in [2.75, 3.05) is 0 Å². The van der Waals surface area contributed by atoms with Crippen molar-refractivity contribution in [2.24, 2.45) is 5.73 Å². The number of hydrogen-bond donors (Lipinski definition) is 4. The third-order valence-electron chi connectivity index (χ3n) is 3.40. The second-order valence-electron chi connectivity index (χ2n) is 4.96. The minimum Gasteiger partial charge on any atom is -0.480 e. The Labute approximate surface area is 123 Å². The molecule has 0 heterocycles. The molecule has 1 aromatic rings. The van der Waals surface area contributed by atoms with Crippen LogP contribution < -0.4 is 5.73 Å². The molecule has 5 N–H and O–H groups in total. The summed E-state index contributed by atoms with van der Waals surface area (Å²) < 4.78 is 51.0. The summed E-state index contributed by atoms with van der Waals surface area (Å²) in [7, 11) is -5.58. The molecule has 22 heavy (non-hydrogen) atoms. The molecule has 0 saturated heterocycles. The van der Waals surface area contributed by atoms with Crippen molar-refractivity contribution < 1.29 is 37.4 Å². The van der Waals surface area contributed by atoms with Gasteiger partial charge in [-0.3, -0.25) is 9.36 Å². The minimum absolute atomic E-state index is 0.135. The molecule has 0 aliphatic rings. The molecule has 6 nitrogen and oxygen atoms in total. The number of benzene rings is 1. The van der Waals surface area contributed by atoms with Crippen molar-refractivity contribution in [3.8, 4) is 0 Å². The summed E-state index contributed by atoms with van der Waals surface area (Å²) in [5.74, 6) is -1.33. The maximum absolute atomic E-state index is 13.2. The van der Waals surface area contributed by atoms with Crippen molar-refractivity contribution in [3.05, 3.63) is 35.4 Å². The van der Waals surface area contributed by atoms with E-state index in [9.17, 15) is 22.5 Å². The van der Waals surface area contributed by atoms with Gasteiger partial charge >= 0.3 is 19.7 Å². The highest BCUT2D eigenvalue weighted by molar-refractivity contribution is 7.53. The molecule has 0 aliphatic heterocycles. The Morgan fingerprint density at radius 3 is 2.32 bits per heavy atom. The second-order valence-corrected chi connectivity index (χ2v) is 6.95. The first kappa shape index (κ1) is 18.6. The molecule has 1 unspecified atom stereocenters. The van der Waals surface area contributed by atoms with Crippen LogP contribution in [0.4, 0.5) is 13.2 Å². The Morgan fingerprint density at radius 1 is 1.36 bits per heavy atom. The SMILES string of the molecule is CC(c1cccc(C[C@H](N)C(=O)O)c1)(C(F)(F)F)P(=O)(O)O. The number of halogens is 3. The van der Waals surface area contributed by atoms with E-state index in [1.165, 1.54) is 12.1 Å². The van der Waals surface area contributed by atoms with Crippen LogP contribution in [0.3, 0.4) is 0 Å². The summed E-state index contributed by atoms with van der Waals surface area (Å²) >= 11 is 0. The van der Waals surface area contributed by atoms with Crippen LogP contribution in [-0.2, 0) is 20.9 Å². The van der Waals surface area contributed by atoms with E-state index in [4.69, 9.17) is 20.6 Å². The first-order chi connectivity index (χ1) is 9.80. The van der Waals surface area contributed by atoms with E-state index in [1.54, 1.807) is 0 Å². The minimum atomic E-state index is -5.58. The standard InChI is InChI=1S/C12H15F3NO5P/c1-11(12(13,14)15,22(19,20)21)8-4-2-3-7(5-8)6-9(16)10(17)18/h2-5,9H,6,16H2,1H3,(H,17,18)(H2,19,20,21)/t9-,11?/m0/s1. The summed E-state index contributed by atoms with van der Waals surface area (Å²) in [6, 6.07) is 3.02. The predicted octanol–water partition coefficient (Wildman–Crippen LogP) is 1.60. The number of nitrogens with two attached hydrogens (primary N) is 1. The molecular weight excluding hydrogens is 326 g/mol. The van der Waals surface area contributed by atoms with Gasteiger partial charge in [-0.1, -0.05) is 24.3 Å². The fraction of sp³-hybridized carbons (Fsp3) is 0.417.